The van der Waals surface area contributed by atoms with Crippen molar-refractivity contribution in [3.8, 4) is 5.69 Å². The van der Waals surface area contributed by atoms with Crippen molar-refractivity contribution in [1.82, 2.24) is 14.9 Å². The molecule has 1 heterocycles. The molecule has 7 heteroatoms. The molecule has 0 aliphatic heterocycles. The highest BCUT2D eigenvalue weighted by atomic mass is 19.4. The number of amides is 1. The van der Waals surface area contributed by atoms with Crippen LogP contribution in [0.25, 0.3) is 5.69 Å². The molecule has 2 aromatic rings. The van der Waals surface area contributed by atoms with Crippen LogP contribution in [0.3, 0.4) is 0 Å². The highest BCUT2D eigenvalue weighted by Gasteiger charge is 2.41. The number of imidazole rings is 1. The molecule has 0 fully saturated rings. The number of carbonyl (C=O) groups excluding carboxylic acids is 1. The first kappa shape index (κ1) is 18.0. The molecule has 1 amide bonds. The van der Waals surface area contributed by atoms with Gasteiger partial charge in [0.25, 0.3) is 5.91 Å². The minimum atomic E-state index is -4.71. The molecule has 0 radical (unpaired) electrons. The van der Waals surface area contributed by atoms with Crippen molar-refractivity contribution in [3.63, 3.8) is 0 Å². The number of carbonyl (C=O) groups is 1. The normalized spacial score (nSPS) is 12.3. The Balaban J connectivity index is 2.66. The first-order valence-corrected chi connectivity index (χ1v) is 7.45. The Bertz CT molecular complexity index is 750. The zero-order valence-electron chi connectivity index (χ0n) is 14.2. The molecule has 1 N–H and O–H groups in total. The van der Waals surface area contributed by atoms with Gasteiger partial charge in [0.1, 0.15) is 6.33 Å². The summed E-state index contributed by atoms with van der Waals surface area (Å²) in [5.41, 5.74) is -0.641. The fraction of sp³-hybridized carbons (Fsp3) is 0.412. The number of nitrogens with zero attached hydrogens (tertiary/aromatic N) is 2. The second-order valence-electron chi connectivity index (χ2n) is 6.75. The molecule has 0 atom stereocenters. The number of rotatable bonds is 2. The quantitative estimate of drug-likeness (QED) is 0.898. The summed E-state index contributed by atoms with van der Waals surface area (Å²) in [6.45, 7) is 8.52. The van der Waals surface area contributed by atoms with Gasteiger partial charge in [-0.2, -0.15) is 13.2 Å². The number of para-hydroxylation sites is 1. The number of aromatic nitrogens is 2. The molecule has 24 heavy (non-hydrogen) atoms. The third-order valence-corrected chi connectivity index (χ3v) is 3.42. The molecule has 0 spiro atoms. The number of halogens is 3. The second-order valence-corrected chi connectivity index (χ2v) is 6.75. The Morgan fingerprint density at radius 3 is 2.12 bits per heavy atom. The van der Waals surface area contributed by atoms with Gasteiger partial charge in [-0.1, -0.05) is 18.2 Å². The minimum Gasteiger partial charge on any atom is -0.346 e. The van der Waals surface area contributed by atoms with Crippen LogP contribution in [0.4, 0.5) is 13.2 Å². The van der Waals surface area contributed by atoms with Crippen molar-refractivity contribution in [2.45, 2.75) is 46.3 Å². The summed E-state index contributed by atoms with van der Waals surface area (Å²) in [7, 11) is 0. The third kappa shape index (κ3) is 3.60. The molecule has 1 aromatic heterocycles. The molecule has 0 saturated heterocycles. The van der Waals surface area contributed by atoms with E-state index >= 15 is 0 Å². The monoisotopic (exact) mass is 339 g/mol. The number of alkyl halides is 3. The van der Waals surface area contributed by atoms with E-state index < -0.39 is 29.0 Å². The summed E-state index contributed by atoms with van der Waals surface area (Å²) in [6, 6.07) is 5.21. The van der Waals surface area contributed by atoms with Gasteiger partial charge in [0.2, 0.25) is 0 Å². The molecular formula is C17H20F3N3O. The van der Waals surface area contributed by atoms with Gasteiger partial charge in [0.05, 0.1) is 5.69 Å². The van der Waals surface area contributed by atoms with Crippen LogP contribution in [-0.4, -0.2) is 21.0 Å². The molecule has 0 aliphatic rings. The Hall–Kier alpha value is -2.31. The summed E-state index contributed by atoms with van der Waals surface area (Å²) in [4.78, 5) is 16.0. The smallest absolute Gasteiger partial charge is 0.346 e. The van der Waals surface area contributed by atoms with Gasteiger partial charge < -0.3 is 5.32 Å². The van der Waals surface area contributed by atoms with Crippen molar-refractivity contribution >= 4 is 5.91 Å². The Labute approximate surface area is 138 Å². The summed E-state index contributed by atoms with van der Waals surface area (Å²) < 4.78 is 41.9. The zero-order valence-corrected chi connectivity index (χ0v) is 14.2. The van der Waals surface area contributed by atoms with Crippen LogP contribution in [0.1, 0.15) is 48.1 Å². The lowest BCUT2D eigenvalue weighted by molar-refractivity contribution is -0.142. The van der Waals surface area contributed by atoms with Gasteiger partial charge in [-0.25, -0.2) is 4.98 Å². The molecule has 1 aromatic carbocycles. The summed E-state index contributed by atoms with van der Waals surface area (Å²) in [6.07, 6.45) is -3.66. The van der Waals surface area contributed by atoms with Gasteiger partial charge in [-0.15, -0.1) is 0 Å². The Morgan fingerprint density at radius 2 is 1.67 bits per heavy atom. The largest absolute Gasteiger partial charge is 0.434 e. The van der Waals surface area contributed by atoms with Crippen LogP contribution >= 0.6 is 0 Å². The third-order valence-electron chi connectivity index (χ3n) is 3.42. The molecule has 0 aliphatic carbocycles. The minimum absolute atomic E-state index is 0.382. The average molecular weight is 339 g/mol. The van der Waals surface area contributed by atoms with Gasteiger partial charge in [-0.05, 0) is 45.7 Å². The first-order chi connectivity index (χ1) is 10.9. The van der Waals surface area contributed by atoms with Crippen LogP contribution in [0, 0.1) is 13.8 Å². The van der Waals surface area contributed by atoms with E-state index in [1.54, 1.807) is 52.8 Å². The van der Waals surface area contributed by atoms with Crippen LogP contribution in [0.15, 0.2) is 24.5 Å². The van der Waals surface area contributed by atoms with Crippen molar-refractivity contribution in [3.05, 3.63) is 47.0 Å². The van der Waals surface area contributed by atoms with E-state index in [1.165, 1.54) is 0 Å². The van der Waals surface area contributed by atoms with E-state index in [0.717, 1.165) is 10.9 Å². The molecule has 2 rings (SSSR count). The van der Waals surface area contributed by atoms with Crippen molar-refractivity contribution < 1.29 is 18.0 Å². The molecule has 0 bridgehead atoms. The molecule has 0 unspecified atom stereocenters. The van der Waals surface area contributed by atoms with Crippen LogP contribution < -0.4 is 5.32 Å². The van der Waals surface area contributed by atoms with Gasteiger partial charge >= 0.3 is 6.18 Å². The summed E-state index contributed by atoms with van der Waals surface area (Å²) in [5, 5.41) is 2.53. The molecule has 4 nitrogen and oxygen atoms in total. The maximum absolute atomic E-state index is 13.6. The zero-order chi connectivity index (χ0) is 18.3. The van der Waals surface area contributed by atoms with Crippen molar-refractivity contribution in [2.75, 3.05) is 0 Å². The highest BCUT2D eigenvalue weighted by Crippen LogP contribution is 2.35. The Kier molecular flexibility index (Phi) is 4.48. The lowest BCUT2D eigenvalue weighted by atomic mass is 10.1. The number of aryl methyl sites for hydroxylation is 2. The predicted octanol–water partition coefficient (Wildman–Crippen LogP) is 4.04. The lowest BCUT2D eigenvalue weighted by Crippen LogP contribution is -2.41. The van der Waals surface area contributed by atoms with E-state index in [-0.39, 0.29) is 0 Å². The van der Waals surface area contributed by atoms with Gasteiger partial charge in [0.15, 0.2) is 11.4 Å². The van der Waals surface area contributed by atoms with Crippen LogP contribution in [0.2, 0.25) is 0 Å². The number of benzene rings is 1. The highest BCUT2D eigenvalue weighted by molar-refractivity contribution is 5.94. The van der Waals surface area contributed by atoms with E-state index in [2.05, 4.69) is 10.3 Å². The average Bonchev–Trinajstić information content (AvgIpc) is 2.81. The maximum Gasteiger partial charge on any atom is 0.434 e. The second kappa shape index (κ2) is 5.96. The lowest BCUT2D eigenvalue weighted by Gasteiger charge is -2.21. The van der Waals surface area contributed by atoms with E-state index in [1.807, 2.05) is 0 Å². The van der Waals surface area contributed by atoms with E-state index in [4.69, 9.17) is 0 Å². The fourth-order valence-corrected chi connectivity index (χ4v) is 2.54. The maximum atomic E-state index is 13.6. The standard InChI is InChI=1S/C17H20F3N3O/c1-10-7-6-8-11(2)13(10)23-9-21-12(14(23)17(18,19)20)15(24)22-16(3,4)5/h6-9H,1-5H3,(H,22,24). The van der Waals surface area contributed by atoms with Crippen molar-refractivity contribution in [2.24, 2.45) is 0 Å². The predicted molar refractivity (Wildman–Crippen MR) is 85.3 cm³/mol. The Morgan fingerprint density at radius 1 is 1.12 bits per heavy atom. The summed E-state index contributed by atoms with van der Waals surface area (Å²) >= 11 is 0. The van der Waals surface area contributed by atoms with E-state index in [9.17, 15) is 18.0 Å². The molecule has 130 valence electrons. The summed E-state index contributed by atoms with van der Waals surface area (Å²) in [5.74, 6) is -0.847. The first-order valence-electron chi connectivity index (χ1n) is 7.45. The number of nitrogens with one attached hydrogen (secondary N) is 1. The van der Waals surface area contributed by atoms with Gasteiger partial charge in [-0.3, -0.25) is 9.36 Å². The number of hydrogen-bond acceptors (Lipinski definition) is 2. The fourth-order valence-electron chi connectivity index (χ4n) is 2.54. The van der Waals surface area contributed by atoms with Crippen LogP contribution in [0.5, 0.6) is 0 Å². The number of hydrogen-bond donors (Lipinski definition) is 1. The van der Waals surface area contributed by atoms with E-state index in [0.29, 0.717) is 16.8 Å². The van der Waals surface area contributed by atoms with Gasteiger partial charge in [0, 0.05) is 5.54 Å². The van der Waals surface area contributed by atoms with Crippen LogP contribution in [-0.2, 0) is 6.18 Å². The topological polar surface area (TPSA) is 46.9 Å². The SMILES string of the molecule is Cc1cccc(C)c1-n1cnc(C(=O)NC(C)(C)C)c1C(F)(F)F. The molecule has 0 saturated carbocycles. The van der Waals surface area contributed by atoms with Crippen molar-refractivity contribution in [1.29, 1.82) is 0 Å². The molecular weight excluding hydrogens is 319 g/mol.